The van der Waals surface area contributed by atoms with Crippen molar-refractivity contribution in [1.82, 2.24) is 0 Å². The lowest BCUT2D eigenvalue weighted by molar-refractivity contribution is 0.244. The molecule has 110 valence electrons. The van der Waals surface area contributed by atoms with Gasteiger partial charge in [-0.2, -0.15) is 0 Å². The highest BCUT2D eigenvalue weighted by atomic mass is 16.3. The van der Waals surface area contributed by atoms with Gasteiger partial charge in [-0.15, -0.1) is 0 Å². The summed E-state index contributed by atoms with van der Waals surface area (Å²) in [6.07, 6.45) is 5.65. The lowest BCUT2D eigenvalue weighted by atomic mass is 9.70. The number of rotatable bonds is 3. The molecule has 1 aliphatic carbocycles. The van der Waals surface area contributed by atoms with Gasteiger partial charge >= 0.3 is 0 Å². The van der Waals surface area contributed by atoms with E-state index in [0.29, 0.717) is 23.5 Å². The third kappa shape index (κ3) is 3.23. The van der Waals surface area contributed by atoms with Crippen molar-refractivity contribution >= 4 is 6.21 Å². The van der Waals surface area contributed by atoms with Crippen molar-refractivity contribution in [2.24, 2.45) is 16.8 Å². The van der Waals surface area contributed by atoms with Gasteiger partial charge in [0, 0.05) is 17.8 Å². The summed E-state index contributed by atoms with van der Waals surface area (Å²) < 4.78 is 0. The monoisotopic (exact) mass is 273 g/mol. The molecule has 1 aliphatic rings. The molecule has 2 unspecified atom stereocenters. The van der Waals surface area contributed by atoms with Gasteiger partial charge in [0.2, 0.25) is 0 Å². The average molecular weight is 273 g/mol. The van der Waals surface area contributed by atoms with Crippen LogP contribution in [0.15, 0.2) is 23.2 Å². The molecule has 0 spiro atoms. The molecule has 0 heterocycles. The molecule has 0 radical (unpaired) electrons. The quantitative estimate of drug-likeness (QED) is 0.791. The van der Waals surface area contributed by atoms with E-state index in [1.54, 1.807) is 0 Å². The summed E-state index contributed by atoms with van der Waals surface area (Å²) in [6.45, 7) is 8.72. The number of para-hydroxylation sites is 1. The Morgan fingerprint density at radius 2 is 1.85 bits per heavy atom. The third-order valence-electron chi connectivity index (χ3n) is 4.51. The maximum atomic E-state index is 10.6. The Morgan fingerprint density at radius 1 is 1.20 bits per heavy atom. The topological polar surface area (TPSA) is 32.6 Å². The molecular weight excluding hydrogens is 246 g/mol. The molecule has 2 nitrogen and oxygen atoms in total. The highest BCUT2D eigenvalue weighted by molar-refractivity contribution is 5.84. The minimum Gasteiger partial charge on any atom is -0.507 e. The largest absolute Gasteiger partial charge is 0.507 e. The lowest BCUT2D eigenvalue weighted by Crippen LogP contribution is -2.23. The summed E-state index contributed by atoms with van der Waals surface area (Å²) in [6, 6.07) is 6.34. The van der Waals surface area contributed by atoms with Crippen LogP contribution in [0.25, 0.3) is 0 Å². The molecule has 2 heteroatoms. The normalized spacial score (nSPS) is 27.4. The van der Waals surface area contributed by atoms with Crippen molar-refractivity contribution in [1.29, 1.82) is 0 Å². The second-order valence-electron chi connectivity index (χ2n) is 6.57. The summed E-state index contributed by atoms with van der Waals surface area (Å²) in [5.41, 5.74) is 1.96. The highest BCUT2D eigenvalue weighted by Gasteiger charge is 2.31. The molecule has 0 saturated heterocycles. The fourth-order valence-electron chi connectivity index (χ4n) is 3.48. The van der Waals surface area contributed by atoms with Crippen LogP contribution in [0.5, 0.6) is 5.75 Å². The van der Waals surface area contributed by atoms with Crippen LogP contribution in [0.4, 0.5) is 0 Å². The standard InChI is InChI=1S/C18H27NO/c1-12(2)19-11-15-9-6-10-16(18(15)20)17-13(3)7-5-8-14(17)4/h6,9-14,17,20H,5,7-8H2,1-4H3. The van der Waals surface area contributed by atoms with Gasteiger partial charge in [0.25, 0.3) is 0 Å². The number of phenolic OH excluding ortho intramolecular Hbond substituents is 1. The second-order valence-corrected chi connectivity index (χ2v) is 6.57. The molecule has 2 rings (SSSR count). The fourth-order valence-corrected chi connectivity index (χ4v) is 3.48. The summed E-state index contributed by atoms with van der Waals surface area (Å²) in [7, 11) is 0. The summed E-state index contributed by atoms with van der Waals surface area (Å²) >= 11 is 0. The maximum Gasteiger partial charge on any atom is 0.127 e. The molecule has 1 aromatic rings. The molecule has 0 aliphatic heterocycles. The van der Waals surface area contributed by atoms with Gasteiger partial charge in [-0.3, -0.25) is 4.99 Å². The Morgan fingerprint density at radius 3 is 2.45 bits per heavy atom. The van der Waals surface area contributed by atoms with Crippen molar-refractivity contribution in [3.05, 3.63) is 29.3 Å². The molecule has 0 aromatic heterocycles. The van der Waals surface area contributed by atoms with Crippen LogP contribution >= 0.6 is 0 Å². The van der Waals surface area contributed by atoms with E-state index in [4.69, 9.17) is 0 Å². The molecule has 0 bridgehead atoms. The lowest BCUT2D eigenvalue weighted by Gasteiger charge is -2.35. The number of hydrogen-bond donors (Lipinski definition) is 1. The molecule has 1 aromatic carbocycles. The number of nitrogens with zero attached hydrogens (tertiary/aromatic N) is 1. The Balaban J connectivity index is 2.34. The predicted molar refractivity (Wildman–Crippen MR) is 85.8 cm³/mol. The summed E-state index contributed by atoms with van der Waals surface area (Å²) in [5.74, 6) is 2.18. The van der Waals surface area contributed by atoms with Crippen molar-refractivity contribution < 1.29 is 5.11 Å². The Kier molecular flexibility index (Phi) is 4.85. The smallest absolute Gasteiger partial charge is 0.127 e. The van der Waals surface area contributed by atoms with Crippen LogP contribution in [0.3, 0.4) is 0 Å². The first-order valence-corrected chi connectivity index (χ1v) is 7.85. The van der Waals surface area contributed by atoms with Gasteiger partial charge in [0.05, 0.1) is 0 Å². The molecule has 0 amide bonds. The molecule has 1 fully saturated rings. The average Bonchev–Trinajstić information content (AvgIpc) is 2.39. The van der Waals surface area contributed by atoms with Crippen LogP contribution in [-0.2, 0) is 0 Å². The SMILES string of the molecule is CC(C)N=Cc1cccc(C2C(C)CCCC2C)c1O. The molecular formula is C18H27NO. The zero-order valence-corrected chi connectivity index (χ0v) is 13.1. The van der Waals surface area contributed by atoms with E-state index < -0.39 is 0 Å². The second kappa shape index (κ2) is 6.43. The Bertz CT molecular complexity index is 468. The van der Waals surface area contributed by atoms with E-state index >= 15 is 0 Å². The first-order chi connectivity index (χ1) is 9.50. The zero-order valence-electron chi connectivity index (χ0n) is 13.1. The minimum atomic E-state index is 0.255. The number of benzene rings is 1. The first kappa shape index (κ1) is 15.1. The number of phenols is 1. The van der Waals surface area contributed by atoms with Crippen LogP contribution in [0.1, 0.15) is 64.0 Å². The van der Waals surface area contributed by atoms with Crippen LogP contribution in [0, 0.1) is 11.8 Å². The van der Waals surface area contributed by atoms with E-state index in [2.05, 4.69) is 24.9 Å². The van der Waals surface area contributed by atoms with E-state index in [9.17, 15) is 5.11 Å². The number of aliphatic imine (C=N–C) groups is 1. The predicted octanol–water partition coefficient (Wildman–Crippen LogP) is 4.76. The van der Waals surface area contributed by atoms with Crippen molar-refractivity contribution in [2.45, 2.75) is 58.9 Å². The summed E-state index contributed by atoms with van der Waals surface area (Å²) in [4.78, 5) is 4.39. The van der Waals surface area contributed by atoms with Gasteiger partial charge in [0.1, 0.15) is 5.75 Å². The van der Waals surface area contributed by atoms with Crippen LogP contribution in [0.2, 0.25) is 0 Å². The van der Waals surface area contributed by atoms with Gasteiger partial charge in [-0.1, -0.05) is 45.2 Å². The van der Waals surface area contributed by atoms with E-state index in [-0.39, 0.29) is 6.04 Å². The van der Waals surface area contributed by atoms with Crippen molar-refractivity contribution in [3.63, 3.8) is 0 Å². The Hall–Kier alpha value is -1.31. The first-order valence-electron chi connectivity index (χ1n) is 7.85. The number of hydrogen-bond acceptors (Lipinski definition) is 2. The highest BCUT2D eigenvalue weighted by Crippen LogP contribution is 2.44. The van der Waals surface area contributed by atoms with Crippen LogP contribution in [-0.4, -0.2) is 17.4 Å². The van der Waals surface area contributed by atoms with Gasteiger partial charge < -0.3 is 5.11 Å². The third-order valence-corrected chi connectivity index (χ3v) is 4.51. The fraction of sp³-hybridized carbons (Fsp3) is 0.611. The molecule has 20 heavy (non-hydrogen) atoms. The zero-order chi connectivity index (χ0) is 14.7. The maximum absolute atomic E-state index is 10.6. The molecule has 1 saturated carbocycles. The van der Waals surface area contributed by atoms with Crippen molar-refractivity contribution in [3.8, 4) is 5.75 Å². The van der Waals surface area contributed by atoms with Crippen LogP contribution < -0.4 is 0 Å². The number of aromatic hydroxyl groups is 1. The summed E-state index contributed by atoms with van der Waals surface area (Å²) in [5, 5.41) is 10.6. The van der Waals surface area contributed by atoms with E-state index in [0.717, 1.165) is 11.1 Å². The van der Waals surface area contributed by atoms with Gasteiger partial charge in [-0.25, -0.2) is 0 Å². The molecule has 1 N–H and O–H groups in total. The van der Waals surface area contributed by atoms with E-state index in [1.807, 2.05) is 32.2 Å². The Labute approximate surface area is 122 Å². The minimum absolute atomic E-state index is 0.255. The molecule has 2 atom stereocenters. The van der Waals surface area contributed by atoms with Gasteiger partial charge in [-0.05, 0) is 43.2 Å². The van der Waals surface area contributed by atoms with Gasteiger partial charge in [0.15, 0.2) is 0 Å². The van der Waals surface area contributed by atoms with Crippen molar-refractivity contribution in [2.75, 3.05) is 0 Å². The van der Waals surface area contributed by atoms with E-state index in [1.165, 1.54) is 19.3 Å².